The Labute approximate surface area is 157 Å². The summed E-state index contributed by atoms with van der Waals surface area (Å²) in [5.41, 5.74) is 1.89. The molecular formula is C21H21N3O3. The summed E-state index contributed by atoms with van der Waals surface area (Å²) in [6.07, 6.45) is 0.830. The van der Waals surface area contributed by atoms with Crippen LogP contribution in [0.15, 0.2) is 59.1 Å². The van der Waals surface area contributed by atoms with E-state index < -0.39 is 0 Å². The molecule has 3 aromatic rings. The van der Waals surface area contributed by atoms with Crippen molar-refractivity contribution < 1.29 is 14.1 Å². The second-order valence-electron chi connectivity index (χ2n) is 6.75. The Bertz CT molecular complexity index is 906. The minimum atomic E-state index is 0.0459. The molecule has 2 heterocycles. The first kappa shape index (κ1) is 17.3. The highest BCUT2D eigenvalue weighted by Gasteiger charge is 2.31. The zero-order valence-corrected chi connectivity index (χ0v) is 15.2. The first-order valence-electron chi connectivity index (χ1n) is 9.05. The molecule has 1 saturated heterocycles. The fraction of sp³-hybridized carbons (Fsp3) is 0.286. The number of nitrogens with zero attached hydrogens (tertiary/aromatic N) is 3. The summed E-state index contributed by atoms with van der Waals surface area (Å²) in [5.74, 6) is 1.99. The van der Waals surface area contributed by atoms with Gasteiger partial charge in [-0.2, -0.15) is 4.98 Å². The van der Waals surface area contributed by atoms with Crippen LogP contribution in [0.3, 0.4) is 0 Å². The number of likely N-dealkylation sites (tertiary alicyclic amines) is 1. The highest BCUT2D eigenvalue weighted by molar-refractivity contribution is 5.94. The van der Waals surface area contributed by atoms with Gasteiger partial charge in [-0.25, -0.2) is 0 Å². The number of aromatic nitrogens is 2. The van der Waals surface area contributed by atoms with Gasteiger partial charge in [0.15, 0.2) is 12.4 Å². The fourth-order valence-electron chi connectivity index (χ4n) is 3.19. The van der Waals surface area contributed by atoms with E-state index in [0.29, 0.717) is 30.4 Å². The Morgan fingerprint density at radius 3 is 2.74 bits per heavy atom. The molecule has 138 valence electrons. The molecule has 27 heavy (non-hydrogen) atoms. The molecule has 1 atom stereocenters. The molecule has 0 spiro atoms. The molecule has 1 aliphatic rings. The zero-order chi connectivity index (χ0) is 18.6. The summed E-state index contributed by atoms with van der Waals surface area (Å²) in [6, 6.07) is 17.1. The van der Waals surface area contributed by atoms with Crippen LogP contribution in [0.5, 0.6) is 5.75 Å². The van der Waals surface area contributed by atoms with Crippen molar-refractivity contribution in [1.29, 1.82) is 0 Å². The maximum Gasteiger partial charge on any atom is 0.264 e. The predicted molar refractivity (Wildman–Crippen MR) is 99.5 cm³/mol. The van der Waals surface area contributed by atoms with Crippen LogP contribution in [0.25, 0.3) is 0 Å². The maximum atomic E-state index is 12.6. The van der Waals surface area contributed by atoms with Crippen LogP contribution < -0.4 is 4.74 Å². The minimum Gasteiger partial charge on any atom is -0.484 e. The molecule has 1 amide bonds. The normalized spacial score (nSPS) is 16.5. The Hall–Kier alpha value is -3.15. The van der Waals surface area contributed by atoms with Crippen molar-refractivity contribution in [1.82, 2.24) is 15.0 Å². The predicted octanol–water partition coefficient (Wildman–Crippen LogP) is 3.59. The van der Waals surface area contributed by atoms with Crippen molar-refractivity contribution in [3.05, 3.63) is 77.4 Å². The monoisotopic (exact) mass is 363 g/mol. The molecule has 0 saturated carbocycles. The summed E-state index contributed by atoms with van der Waals surface area (Å²) in [4.78, 5) is 18.9. The number of carbonyl (C=O) groups is 1. The van der Waals surface area contributed by atoms with Gasteiger partial charge in [-0.15, -0.1) is 0 Å². The third kappa shape index (κ3) is 4.00. The van der Waals surface area contributed by atoms with Gasteiger partial charge in [0.1, 0.15) is 5.75 Å². The molecule has 1 aliphatic heterocycles. The number of hydrogen-bond donors (Lipinski definition) is 0. The van der Waals surface area contributed by atoms with Crippen molar-refractivity contribution in [3.63, 3.8) is 0 Å². The van der Waals surface area contributed by atoms with Gasteiger partial charge in [-0.1, -0.05) is 41.1 Å². The first-order chi connectivity index (χ1) is 13.2. The lowest BCUT2D eigenvalue weighted by Crippen LogP contribution is -2.28. The van der Waals surface area contributed by atoms with Gasteiger partial charge in [0.2, 0.25) is 0 Å². The van der Waals surface area contributed by atoms with Crippen LogP contribution in [0.1, 0.15) is 40.0 Å². The number of hydrogen-bond acceptors (Lipinski definition) is 5. The summed E-state index contributed by atoms with van der Waals surface area (Å²) in [6.45, 7) is 3.56. The van der Waals surface area contributed by atoms with E-state index >= 15 is 0 Å². The molecule has 1 fully saturated rings. The van der Waals surface area contributed by atoms with Crippen LogP contribution in [0.2, 0.25) is 0 Å². The summed E-state index contributed by atoms with van der Waals surface area (Å²) in [7, 11) is 0. The third-order valence-corrected chi connectivity index (χ3v) is 4.73. The maximum absolute atomic E-state index is 12.6. The Balaban J connectivity index is 1.35. The molecule has 0 aliphatic carbocycles. The van der Waals surface area contributed by atoms with Gasteiger partial charge in [0.05, 0.1) is 0 Å². The topological polar surface area (TPSA) is 68.5 Å². The van der Waals surface area contributed by atoms with Gasteiger partial charge < -0.3 is 14.2 Å². The quantitative estimate of drug-likeness (QED) is 0.693. The van der Waals surface area contributed by atoms with E-state index in [-0.39, 0.29) is 18.4 Å². The largest absolute Gasteiger partial charge is 0.484 e. The number of amides is 1. The van der Waals surface area contributed by atoms with Crippen LogP contribution in [0, 0.1) is 6.92 Å². The Morgan fingerprint density at radius 2 is 1.96 bits per heavy atom. The zero-order valence-electron chi connectivity index (χ0n) is 15.2. The van der Waals surface area contributed by atoms with E-state index in [0.717, 1.165) is 12.2 Å². The van der Waals surface area contributed by atoms with Gasteiger partial charge in [-0.05, 0) is 37.6 Å². The molecule has 4 rings (SSSR count). The van der Waals surface area contributed by atoms with Crippen LogP contribution in [-0.2, 0) is 6.61 Å². The van der Waals surface area contributed by atoms with E-state index in [1.807, 2.05) is 66.4 Å². The molecule has 2 aromatic carbocycles. The SMILES string of the molecule is Cc1ccc(OCc2nc(C3CCN(C(=O)c4ccccc4)C3)no2)cc1. The van der Waals surface area contributed by atoms with Crippen molar-refractivity contribution in [3.8, 4) is 5.75 Å². The molecule has 0 bridgehead atoms. The number of ether oxygens (including phenoxy) is 1. The summed E-state index contributed by atoms with van der Waals surface area (Å²) < 4.78 is 11.0. The van der Waals surface area contributed by atoms with Gasteiger partial charge in [0, 0.05) is 24.6 Å². The molecule has 0 N–H and O–H groups in total. The van der Waals surface area contributed by atoms with E-state index in [4.69, 9.17) is 9.26 Å². The summed E-state index contributed by atoms with van der Waals surface area (Å²) >= 11 is 0. The lowest BCUT2D eigenvalue weighted by atomic mass is 10.1. The van der Waals surface area contributed by atoms with Crippen molar-refractivity contribution in [2.24, 2.45) is 0 Å². The average Bonchev–Trinajstić information content (AvgIpc) is 3.37. The van der Waals surface area contributed by atoms with Gasteiger partial charge in [0.25, 0.3) is 11.8 Å². The number of carbonyl (C=O) groups excluding carboxylic acids is 1. The van der Waals surface area contributed by atoms with Gasteiger partial charge >= 0.3 is 0 Å². The minimum absolute atomic E-state index is 0.0459. The van der Waals surface area contributed by atoms with Crippen LogP contribution in [0.4, 0.5) is 0 Å². The molecule has 1 unspecified atom stereocenters. The van der Waals surface area contributed by atoms with Crippen molar-refractivity contribution in [2.75, 3.05) is 13.1 Å². The second kappa shape index (κ2) is 7.61. The second-order valence-corrected chi connectivity index (χ2v) is 6.75. The number of benzene rings is 2. The fourth-order valence-corrected chi connectivity index (χ4v) is 3.19. The molecule has 0 radical (unpaired) electrons. The highest BCUT2D eigenvalue weighted by atomic mass is 16.5. The number of aryl methyl sites for hydroxylation is 1. The Kier molecular flexibility index (Phi) is 4.87. The van der Waals surface area contributed by atoms with Gasteiger partial charge in [-0.3, -0.25) is 4.79 Å². The van der Waals surface area contributed by atoms with Crippen LogP contribution in [-0.4, -0.2) is 34.0 Å². The smallest absolute Gasteiger partial charge is 0.264 e. The Morgan fingerprint density at radius 1 is 1.19 bits per heavy atom. The van der Waals surface area contributed by atoms with E-state index in [1.165, 1.54) is 5.56 Å². The molecule has 6 heteroatoms. The van der Waals surface area contributed by atoms with Crippen LogP contribution >= 0.6 is 0 Å². The first-order valence-corrected chi connectivity index (χ1v) is 9.05. The molecular weight excluding hydrogens is 342 g/mol. The highest BCUT2D eigenvalue weighted by Crippen LogP contribution is 2.26. The van der Waals surface area contributed by atoms with E-state index in [2.05, 4.69) is 10.1 Å². The standard InChI is InChI=1S/C21H21N3O3/c1-15-7-9-18(10-8-15)26-14-19-22-20(23-27-19)17-11-12-24(13-17)21(25)16-5-3-2-4-6-16/h2-10,17H,11-14H2,1H3. The van der Waals surface area contributed by atoms with E-state index in [1.54, 1.807) is 0 Å². The van der Waals surface area contributed by atoms with E-state index in [9.17, 15) is 4.79 Å². The lowest BCUT2D eigenvalue weighted by molar-refractivity contribution is 0.0790. The van der Waals surface area contributed by atoms with Crippen molar-refractivity contribution in [2.45, 2.75) is 25.9 Å². The average molecular weight is 363 g/mol. The molecule has 1 aromatic heterocycles. The summed E-state index contributed by atoms with van der Waals surface area (Å²) in [5, 5.41) is 4.09. The number of rotatable bonds is 5. The lowest BCUT2D eigenvalue weighted by Gasteiger charge is -2.15. The molecule has 6 nitrogen and oxygen atoms in total. The third-order valence-electron chi connectivity index (χ3n) is 4.73. The van der Waals surface area contributed by atoms with Crippen molar-refractivity contribution >= 4 is 5.91 Å².